The molecule has 84 valence electrons. The SMILES string of the molecule is CNCCC1CCCC1(O)C(F)(F)F. The van der Waals surface area contributed by atoms with E-state index in [0.717, 1.165) is 0 Å². The second kappa shape index (κ2) is 4.06. The van der Waals surface area contributed by atoms with Gasteiger partial charge in [0.25, 0.3) is 0 Å². The Morgan fingerprint density at radius 2 is 2.14 bits per heavy atom. The van der Waals surface area contributed by atoms with Crippen molar-refractivity contribution in [3.05, 3.63) is 0 Å². The first-order chi connectivity index (χ1) is 6.42. The summed E-state index contributed by atoms with van der Waals surface area (Å²) in [6.07, 6.45) is -3.32. The van der Waals surface area contributed by atoms with Gasteiger partial charge in [-0.15, -0.1) is 0 Å². The highest BCUT2D eigenvalue weighted by molar-refractivity contribution is 4.97. The number of alkyl halides is 3. The molecule has 1 fully saturated rings. The van der Waals surface area contributed by atoms with E-state index in [-0.39, 0.29) is 6.42 Å². The van der Waals surface area contributed by atoms with Gasteiger partial charge in [0.15, 0.2) is 5.60 Å². The van der Waals surface area contributed by atoms with Crippen LogP contribution in [0.25, 0.3) is 0 Å². The first-order valence-electron chi connectivity index (χ1n) is 4.85. The van der Waals surface area contributed by atoms with Crippen molar-refractivity contribution in [2.75, 3.05) is 13.6 Å². The zero-order chi connectivity index (χ0) is 10.8. The lowest BCUT2D eigenvalue weighted by Gasteiger charge is -2.32. The standard InChI is InChI=1S/C9H16F3NO/c1-13-6-4-7-3-2-5-8(7,14)9(10,11)12/h7,13-14H,2-6H2,1H3. The zero-order valence-electron chi connectivity index (χ0n) is 8.19. The largest absolute Gasteiger partial charge is 0.417 e. The molecule has 2 N–H and O–H groups in total. The fourth-order valence-electron chi connectivity index (χ4n) is 2.14. The molecular weight excluding hydrogens is 195 g/mol. The van der Waals surface area contributed by atoms with Crippen LogP contribution in [-0.4, -0.2) is 30.5 Å². The Bertz CT molecular complexity index is 195. The van der Waals surface area contributed by atoms with E-state index in [2.05, 4.69) is 5.32 Å². The van der Waals surface area contributed by atoms with E-state index < -0.39 is 17.7 Å². The fraction of sp³-hybridized carbons (Fsp3) is 1.00. The molecule has 0 aliphatic heterocycles. The Labute approximate surface area is 81.5 Å². The maximum absolute atomic E-state index is 12.6. The summed E-state index contributed by atoms with van der Waals surface area (Å²) in [5.74, 6) is -0.644. The Balaban J connectivity index is 2.66. The van der Waals surface area contributed by atoms with Gasteiger partial charge in [-0.05, 0) is 45.2 Å². The number of rotatable bonds is 3. The summed E-state index contributed by atoms with van der Waals surface area (Å²) in [7, 11) is 1.70. The van der Waals surface area contributed by atoms with Crippen LogP contribution in [0, 0.1) is 5.92 Å². The lowest BCUT2D eigenvalue weighted by Crippen LogP contribution is -2.48. The summed E-state index contributed by atoms with van der Waals surface area (Å²) in [5, 5.41) is 12.4. The number of nitrogens with one attached hydrogen (secondary N) is 1. The summed E-state index contributed by atoms with van der Waals surface area (Å²) >= 11 is 0. The molecule has 2 nitrogen and oxygen atoms in total. The number of halogens is 3. The van der Waals surface area contributed by atoms with Gasteiger partial charge in [0.1, 0.15) is 0 Å². The average Bonchev–Trinajstić information content (AvgIpc) is 2.44. The second-order valence-corrected chi connectivity index (χ2v) is 3.90. The third kappa shape index (κ3) is 2.03. The molecule has 1 rings (SSSR count). The van der Waals surface area contributed by atoms with Crippen LogP contribution in [0.2, 0.25) is 0 Å². The van der Waals surface area contributed by atoms with Gasteiger partial charge >= 0.3 is 6.18 Å². The summed E-state index contributed by atoms with van der Waals surface area (Å²) in [6, 6.07) is 0. The monoisotopic (exact) mass is 211 g/mol. The van der Waals surface area contributed by atoms with Gasteiger partial charge in [0, 0.05) is 0 Å². The van der Waals surface area contributed by atoms with Crippen molar-refractivity contribution in [1.82, 2.24) is 5.32 Å². The summed E-state index contributed by atoms with van der Waals surface area (Å²) < 4.78 is 37.7. The van der Waals surface area contributed by atoms with E-state index in [1.165, 1.54) is 0 Å². The molecule has 0 radical (unpaired) electrons. The Morgan fingerprint density at radius 1 is 1.50 bits per heavy atom. The smallest absolute Gasteiger partial charge is 0.380 e. The number of hydrogen-bond acceptors (Lipinski definition) is 2. The van der Waals surface area contributed by atoms with Crippen LogP contribution in [-0.2, 0) is 0 Å². The molecule has 0 saturated heterocycles. The Hall–Kier alpha value is -0.290. The van der Waals surface area contributed by atoms with Crippen molar-refractivity contribution in [2.45, 2.75) is 37.5 Å². The molecule has 0 spiro atoms. The molecule has 0 amide bonds. The van der Waals surface area contributed by atoms with Crippen molar-refractivity contribution in [2.24, 2.45) is 5.92 Å². The van der Waals surface area contributed by atoms with Gasteiger partial charge in [-0.2, -0.15) is 13.2 Å². The maximum atomic E-state index is 12.6. The van der Waals surface area contributed by atoms with Crippen LogP contribution in [0.4, 0.5) is 13.2 Å². The number of aliphatic hydroxyl groups is 1. The molecule has 2 atom stereocenters. The quantitative estimate of drug-likeness (QED) is 0.744. The van der Waals surface area contributed by atoms with Gasteiger partial charge in [-0.3, -0.25) is 0 Å². The normalized spacial score (nSPS) is 33.6. The molecule has 2 unspecified atom stereocenters. The molecule has 0 aromatic heterocycles. The fourth-order valence-corrected chi connectivity index (χ4v) is 2.14. The van der Waals surface area contributed by atoms with Crippen LogP contribution in [0.3, 0.4) is 0 Å². The van der Waals surface area contributed by atoms with Crippen LogP contribution >= 0.6 is 0 Å². The van der Waals surface area contributed by atoms with Gasteiger partial charge in [0.05, 0.1) is 0 Å². The average molecular weight is 211 g/mol. The molecule has 1 aliphatic rings. The molecule has 1 saturated carbocycles. The van der Waals surface area contributed by atoms with Crippen molar-refractivity contribution in [3.8, 4) is 0 Å². The minimum atomic E-state index is -4.48. The molecule has 0 heterocycles. The lowest BCUT2D eigenvalue weighted by atomic mass is 9.87. The number of hydrogen-bond donors (Lipinski definition) is 2. The van der Waals surface area contributed by atoms with Crippen molar-refractivity contribution >= 4 is 0 Å². The van der Waals surface area contributed by atoms with Crippen LogP contribution < -0.4 is 5.32 Å². The van der Waals surface area contributed by atoms with E-state index in [1.54, 1.807) is 7.05 Å². The molecule has 14 heavy (non-hydrogen) atoms. The highest BCUT2D eigenvalue weighted by Crippen LogP contribution is 2.47. The molecular formula is C9H16F3NO. The zero-order valence-corrected chi connectivity index (χ0v) is 8.19. The van der Waals surface area contributed by atoms with E-state index in [4.69, 9.17) is 0 Å². The molecule has 0 aromatic carbocycles. The third-order valence-corrected chi connectivity index (χ3v) is 3.02. The van der Waals surface area contributed by atoms with Crippen molar-refractivity contribution in [3.63, 3.8) is 0 Å². The van der Waals surface area contributed by atoms with Gasteiger partial charge < -0.3 is 10.4 Å². The van der Waals surface area contributed by atoms with E-state index >= 15 is 0 Å². The highest BCUT2D eigenvalue weighted by atomic mass is 19.4. The summed E-state index contributed by atoms with van der Waals surface area (Å²) in [4.78, 5) is 0. The first-order valence-corrected chi connectivity index (χ1v) is 4.85. The third-order valence-electron chi connectivity index (χ3n) is 3.02. The topological polar surface area (TPSA) is 32.3 Å². The molecule has 5 heteroatoms. The van der Waals surface area contributed by atoms with E-state index in [9.17, 15) is 18.3 Å². The van der Waals surface area contributed by atoms with E-state index in [1.807, 2.05) is 0 Å². The minimum absolute atomic E-state index is 0.148. The second-order valence-electron chi connectivity index (χ2n) is 3.90. The van der Waals surface area contributed by atoms with E-state index in [0.29, 0.717) is 25.8 Å². The van der Waals surface area contributed by atoms with Gasteiger partial charge in [-0.1, -0.05) is 0 Å². The first kappa shape index (κ1) is 11.8. The molecule has 1 aliphatic carbocycles. The molecule has 0 bridgehead atoms. The van der Waals surface area contributed by atoms with Crippen molar-refractivity contribution < 1.29 is 18.3 Å². The van der Waals surface area contributed by atoms with Crippen LogP contribution in [0.15, 0.2) is 0 Å². The predicted octanol–water partition coefficient (Wildman–Crippen LogP) is 1.69. The summed E-state index contributed by atoms with van der Waals surface area (Å²) in [5.41, 5.74) is -2.44. The van der Waals surface area contributed by atoms with Crippen molar-refractivity contribution in [1.29, 1.82) is 0 Å². The Morgan fingerprint density at radius 3 is 2.64 bits per heavy atom. The lowest BCUT2D eigenvalue weighted by molar-refractivity contribution is -0.272. The van der Waals surface area contributed by atoms with Crippen LogP contribution in [0.1, 0.15) is 25.7 Å². The maximum Gasteiger partial charge on any atom is 0.417 e. The van der Waals surface area contributed by atoms with Gasteiger partial charge in [0.2, 0.25) is 0 Å². The predicted molar refractivity (Wildman–Crippen MR) is 46.9 cm³/mol. The van der Waals surface area contributed by atoms with Crippen LogP contribution in [0.5, 0.6) is 0 Å². The Kier molecular flexibility index (Phi) is 3.42. The van der Waals surface area contributed by atoms with Gasteiger partial charge in [-0.25, -0.2) is 0 Å². The summed E-state index contributed by atoms with van der Waals surface area (Å²) in [6.45, 7) is 0.517. The highest BCUT2D eigenvalue weighted by Gasteiger charge is 2.59. The molecule has 0 aromatic rings. The minimum Gasteiger partial charge on any atom is -0.380 e.